The molecule has 0 spiro atoms. The van der Waals surface area contributed by atoms with Gasteiger partial charge in [-0.2, -0.15) is 5.10 Å². The Morgan fingerprint density at radius 3 is 3.25 bits per heavy atom. The van der Waals surface area contributed by atoms with E-state index in [4.69, 9.17) is 16.3 Å². The van der Waals surface area contributed by atoms with E-state index in [2.05, 4.69) is 26.0 Å². The molecule has 128 valence electrons. The number of rotatable bonds is 4. The molecule has 0 radical (unpaired) electrons. The maximum Gasteiger partial charge on any atom is 0.319 e. The quantitative estimate of drug-likeness (QED) is 0.772. The molecule has 1 aliphatic heterocycles. The van der Waals surface area contributed by atoms with E-state index in [0.717, 1.165) is 13.1 Å². The average molecular weight is 351 g/mol. The van der Waals surface area contributed by atoms with E-state index in [9.17, 15) is 4.79 Å². The summed E-state index contributed by atoms with van der Waals surface area (Å²) in [5.74, 6) is 0.243. The smallest absolute Gasteiger partial charge is 0.319 e. The van der Waals surface area contributed by atoms with Gasteiger partial charge < -0.3 is 20.7 Å². The van der Waals surface area contributed by atoms with Crippen molar-refractivity contribution in [1.29, 1.82) is 0 Å². The van der Waals surface area contributed by atoms with Crippen LogP contribution in [-0.4, -0.2) is 53.6 Å². The second-order valence-corrected chi connectivity index (χ2v) is 5.92. The van der Waals surface area contributed by atoms with Gasteiger partial charge in [-0.1, -0.05) is 11.6 Å². The average Bonchev–Trinajstić information content (AvgIpc) is 2.97. The minimum Gasteiger partial charge on any atom is -0.380 e. The number of halogens is 1. The molecule has 1 aromatic carbocycles. The predicted octanol–water partition coefficient (Wildman–Crippen LogP) is 1.28. The van der Waals surface area contributed by atoms with Crippen molar-refractivity contribution < 1.29 is 9.53 Å². The Kier molecular flexibility index (Phi) is 5.63. The van der Waals surface area contributed by atoms with E-state index in [1.54, 1.807) is 29.2 Å². The van der Waals surface area contributed by atoms with Crippen LogP contribution in [0.1, 0.15) is 0 Å². The highest BCUT2D eigenvalue weighted by molar-refractivity contribution is 6.31. The Balaban J connectivity index is 1.62. The standard InChI is InChI=1S/C15H19ClN6O2/c16-12-1-2-14(22-10-18-9-20-22)13(5-12)21-15(23)19-7-11-6-17-3-4-24-8-11/h1-2,5,9-11,17H,3-4,6-8H2,(H2,19,21,23)/t11-/m0/s1. The zero-order valence-corrected chi connectivity index (χ0v) is 13.8. The zero-order chi connectivity index (χ0) is 16.8. The van der Waals surface area contributed by atoms with Crippen molar-refractivity contribution in [1.82, 2.24) is 25.4 Å². The molecular formula is C15H19ClN6O2. The van der Waals surface area contributed by atoms with Gasteiger partial charge in [0.2, 0.25) is 0 Å². The van der Waals surface area contributed by atoms with E-state index in [-0.39, 0.29) is 11.9 Å². The van der Waals surface area contributed by atoms with Crippen LogP contribution in [0, 0.1) is 5.92 Å². The molecule has 0 aliphatic carbocycles. The number of aromatic nitrogens is 3. The molecule has 0 bridgehead atoms. The van der Waals surface area contributed by atoms with Crippen molar-refractivity contribution in [3.63, 3.8) is 0 Å². The van der Waals surface area contributed by atoms with E-state index in [1.165, 1.54) is 6.33 Å². The van der Waals surface area contributed by atoms with Crippen LogP contribution in [0.5, 0.6) is 0 Å². The lowest BCUT2D eigenvalue weighted by molar-refractivity contribution is 0.123. The summed E-state index contributed by atoms with van der Waals surface area (Å²) >= 11 is 6.04. The van der Waals surface area contributed by atoms with Crippen LogP contribution in [0.3, 0.4) is 0 Å². The SMILES string of the molecule is O=C(NC[C@@H]1CNCCOC1)Nc1cc(Cl)ccc1-n1cncn1. The molecular weight excluding hydrogens is 332 g/mol. The molecule has 1 atom stereocenters. The summed E-state index contributed by atoms with van der Waals surface area (Å²) in [7, 11) is 0. The van der Waals surface area contributed by atoms with Crippen LogP contribution in [0.25, 0.3) is 5.69 Å². The van der Waals surface area contributed by atoms with Gasteiger partial charge in [-0.3, -0.25) is 0 Å². The first-order chi connectivity index (χ1) is 11.7. The van der Waals surface area contributed by atoms with E-state index < -0.39 is 0 Å². The molecule has 0 unspecified atom stereocenters. The molecule has 8 nitrogen and oxygen atoms in total. The fraction of sp³-hybridized carbons (Fsp3) is 0.400. The second-order valence-electron chi connectivity index (χ2n) is 5.48. The first kappa shape index (κ1) is 16.7. The third-order valence-corrected chi connectivity index (χ3v) is 3.87. The third kappa shape index (κ3) is 4.44. The first-order valence-corrected chi connectivity index (χ1v) is 8.08. The number of amides is 2. The zero-order valence-electron chi connectivity index (χ0n) is 13.0. The van der Waals surface area contributed by atoms with Gasteiger partial charge in [-0.25, -0.2) is 14.5 Å². The lowest BCUT2D eigenvalue weighted by Gasteiger charge is -2.16. The Bertz CT molecular complexity index is 671. The first-order valence-electron chi connectivity index (χ1n) is 7.70. The van der Waals surface area contributed by atoms with E-state index >= 15 is 0 Å². The predicted molar refractivity (Wildman–Crippen MR) is 90.6 cm³/mol. The number of nitrogens with one attached hydrogen (secondary N) is 3. The van der Waals surface area contributed by atoms with Crippen molar-refractivity contribution in [2.45, 2.75) is 0 Å². The Hall–Kier alpha value is -2.16. The Labute approximate surface area is 144 Å². The van der Waals surface area contributed by atoms with Crippen LogP contribution in [-0.2, 0) is 4.74 Å². The minimum atomic E-state index is -0.303. The molecule has 2 aromatic rings. The van der Waals surface area contributed by atoms with Crippen LogP contribution in [0.4, 0.5) is 10.5 Å². The van der Waals surface area contributed by atoms with Gasteiger partial charge in [0.15, 0.2) is 0 Å². The lowest BCUT2D eigenvalue weighted by Crippen LogP contribution is -2.37. The molecule has 24 heavy (non-hydrogen) atoms. The van der Waals surface area contributed by atoms with Crippen molar-refractivity contribution in [3.05, 3.63) is 35.9 Å². The van der Waals surface area contributed by atoms with Crippen LogP contribution >= 0.6 is 11.6 Å². The van der Waals surface area contributed by atoms with Gasteiger partial charge in [0.1, 0.15) is 12.7 Å². The van der Waals surface area contributed by atoms with Gasteiger partial charge in [-0.05, 0) is 18.2 Å². The highest BCUT2D eigenvalue weighted by Gasteiger charge is 2.14. The molecule has 3 rings (SSSR count). The summed E-state index contributed by atoms with van der Waals surface area (Å²) in [6, 6.07) is 4.88. The number of carbonyl (C=O) groups excluding carboxylic acids is 1. The van der Waals surface area contributed by atoms with E-state index in [0.29, 0.717) is 36.2 Å². The molecule has 1 aromatic heterocycles. The number of nitrogens with zero attached hydrogens (tertiary/aromatic N) is 3. The molecule has 1 aliphatic rings. The maximum absolute atomic E-state index is 12.2. The monoisotopic (exact) mass is 350 g/mol. The van der Waals surface area contributed by atoms with Crippen molar-refractivity contribution >= 4 is 23.3 Å². The van der Waals surface area contributed by atoms with Gasteiger partial charge in [0.05, 0.1) is 24.6 Å². The van der Waals surface area contributed by atoms with Gasteiger partial charge >= 0.3 is 6.03 Å². The summed E-state index contributed by atoms with van der Waals surface area (Å²) in [4.78, 5) is 16.1. The summed E-state index contributed by atoms with van der Waals surface area (Å²) in [5, 5.41) is 13.5. The fourth-order valence-corrected chi connectivity index (χ4v) is 2.61. The highest BCUT2D eigenvalue weighted by atomic mass is 35.5. The van der Waals surface area contributed by atoms with Gasteiger partial charge in [-0.15, -0.1) is 0 Å². The van der Waals surface area contributed by atoms with Crippen molar-refractivity contribution in [2.75, 3.05) is 38.2 Å². The number of ether oxygens (including phenoxy) is 1. The molecule has 3 N–H and O–H groups in total. The van der Waals surface area contributed by atoms with E-state index in [1.807, 2.05) is 0 Å². The minimum absolute atomic E-state index is 0.243. The summed E-state index contributed by atoms with van der Waals surface area (Å²) in [6.07, 6.45) is 2.98. The second kappa shape index (κ2) is 8.09. The Morgan fingerprint density at radius 2 is 2.42 bits per heavy atom. The van der Waals surface area contributed by atoms with Crippen LogP contribution < -0.4 is 16.0 Å². The maximum atomic E-state index is 12.2. The van der Waals surface area contributed by atoms with Crippen molar-refractivity contribution in [2.24, 2.45) is 5.92 Å². The van der Waals surface area contributed by atoms with Crippen molar-refractivity contribution in [3.8, 4) is 5.69 Å². The normalized spacial score (nSPS) is 18.0. The number of anilines is 1. The molecule has 2 heterocycles. The number of carbonyl (C=O) groups is 1. The third-order valence-electron chi connectivity index (χ3n) is 3.63. The van der Waals surface area contributed by atoms with Crippen LogP contribution in [0.15, 0.2) is 30.9 Å². The van der Waals surface area contributed by atoms with Crippen LogP contribution in [0.2, 0.25) is 5.02 Å². The topological polar surface area (TPSA) is 93.1 Å². The molecule has 9 heteroatoms. The van der Waals surface area contributed by atoms with Gasteiger partial charge in [0, 0.05) is 30.6 Å². The largest absolute Gasteiger partial charge is 0.380 e. The summed E-state index contributed by atoms with van der Waals surface area (Å²) in [5.41, 5.74) is 1.24. The number of urea groups is 1. The summed E-state index contributed by atoms with van der Waals surface area (Å²) in [6.45, 7) is 3.52. The lowest BCUT2D eigenvalue weighted by atomic mass is 10.1. The fourth-order valence-electron chi connectivity index (χ4n) is 2.43. The van der Waals surface area contributed by atoms with Gasteiger partial charge in [0.25, 0.3) is 0 Å². The number of hydrogen-bond acceptors (Lipinski definition) is 5. The molecule has 0 saturated carbocycles. The number of hydrogen-bond donors (Lipinski definition) is 3. The Morgan fingerprint density at radius 1 is 1.50 bits per heavy atom. The molecule has 1 fully saturated rings. The highest BCUT2D eigenvalue weighted by Crippen LogP contribution is 2.23. The molecule has 1 saturated heterocycles. The summed E-state index contributed by atoms with van der Waals surface area (Å²) < 4.78 is 7.04. The number of benzene rings is 1. The molecule has 2 amide bonds.